The highest BCUT2D eigenvalue weighted by molar-refractivity contribution is 6.35. The second kappa shape index (κ2) is 4.57. The topological polar surface area (TPSA) is 43.8 Å². The summed E-state index contributed by atoms with van der Waals surface area (Å²) < 4.78 is 1.88. The Labute approximate surface area is 115 Å². The van der Waals surface area contributed by atoms with Crippen molar-refractivity contribution in [3.05, 3.63) is 45.7 Å². The fraction of sp³-hybridized carbons (Fsp3) is 0.308. The number of aromatic nitrogens is 2. The Bertz CT molecular complexity index is 592. The van der Waals surface area contributed by atoms with Gasteiger partial charge in [0.25, 0.3) is 0 Å². The predicted molar refractivity (Wildman–Crippen MR) is 73.5 cm³/mol. The normalized spacial score (nSPS) is 18.7. The Morgan fingerprint density at radius 1 is 1.33 bits per heavy atom. The van der Waals surface area contributed by atoms with Crippen LogP contribution in [0.2, 0.25) is 10.0 Å². The van der Waals surface area contributed by atoms with Gasteiger partial charge in [-0.05, 0) is 37.5 Å². The van der Waals surface area contributed by atoms with E-state index in [4.69, 9.17) is 28.9 Å². The molecular formula is C13H13Cl2N3. The van der Waals surface area contributed by atoms with E-state index in [9.17, 15) is 0 Å². The zero-order valence-electron chi connectivity index (χ0n) is 9.74. The number of fused-ring (bicyclic) bond motifs is 1. The molecule has 2 N–H and O–H groups in total. The van der Waals surface area contributed by atoms with Crippen LogP contribution in [0, 0.1) is 0 Å². The highest BCUT2D eigenvalue weighted by Gasteiger charge is 2.22. The van der Waals surface area contributed by atoms with Crippen molar-refractivity contribution in [2.45, 2.75) is 25.3 Å². The summed E-state index contributed by atoms with van der Waals surface area (Å²) in [4.78, 5) is 0. The molecule has 18 heavy (non-hydrogen) atoms. The first-order valence-corrected chi connectivity index (χ1v) is 6.70. The van der Waals surface area contributed by atoms with E-state index in [1.165, 1.54) is 0 Å². The van der Waals surface area contributed by atoms with Gasteiger partial charge < -0.3 is 5.73 Å². The number of hydrogen-bond acceptors (Lipinski definition) is 2. The monoisotopic (exact) mass is 281 g/mol. The van der Waals surface area contributed by atoms with Crippen LogP contribution in [0.5, 0.6) is 0 Å². The van der Waals surface area contributed by atoms with Crippen LogP contribution in [0.4, 0.5) is 0 Å². The molecule has 2 aromatic rings. The standard InChI is InChI=1S/C13H13Cl2N3/c14-8-4-5-13(10(15)6-8)18-12-3-1-2-11(16)9(12)7-17-18/h4-7,11H,1-3,16H2. The molecule has 3 rings (SSSR count). The molecule has 0 amide bonds. The molecule has 1 aromatic carbocycles. The average molecular weight is 282 g/mol. The SMILES string of the molecule is NC1CCCc2c1cnn2-c1ccc(Cl)cc1Cl. The first kappa shape index (κ1) is 12.0. The maximum atomic E-state index is 6.22. The van der Waals surface area contributed by atoms with Gasteiger partial charge in [0, 0.05) is 22.3 Å². The van der Waals surface area contributed by atoms with Gasteiger partial charge in [-0.1, -0.05) is 23.2 Å². The van der Waals surface area contributed by atoms with Crippen molar-refractivity contribution in [1.82, 2.24) is 9.78 Å². The predicted octanol–water partition coefficient (Wildman–Crippen LogP) is 3.52. The quantitative estimate of drug-likeness (QED) is 0.869. The molecule has 0 fully saturated rings. The second-order valence-corrected chi connectivity index (χ2v) is 5.40. The molecule has 1 heterocycles. The van der Waals surface area contributed by atoms with E-state index < -0.39 is 0 Å². The zero-order chi connectivity index (χ0) is 12.7. The number of benzene rings is 1. The highest BCUT2D eigenvalue weighted by Crippen LogP contribution is 2.31. The lowest BCUT2D eigenvalue weighted by Crippen LogP contribution is -2.18. The van der Waals surface area contributed by atoms with Crippen LogP contribution in [0.1, 0.15) is 30.1 Å². The van der Waals surface area contributed by atoms with Crippen molar-refractivity contribution in [1.29, 1.82) is 0 Å². The molecule has 94 valence electrons. The van der Waals surface area contributed by atoms with Crippen molar-refractivity contribution in [2.24, 2.45) is 5.73 Å². The van der Waals surface area contributed by atoms with E-state index in [1.807, 2.05) is 23.0 Å². The molecule has 0 saturated carbocycles. The second-order valence-electron chi connectivity index (χ2n) is 4.55. The number of nitrogens with two attached hydrogens (primary N) is 1. The van der Waals surface area contributed by atoms with Gasteiger partial charge >= 0.3 is 0 Å². The Morgan fingerprint density at radius 3 is 2.94 bits per heavy atom. The largest absolute Gasteiger partial charge is 0.324 e. The summed E-state index contributed by atoms with van der Waals surface area (Å²) >= 11 is 12.1. The van der Waals surface area contributed by atoms with Crippen molar-refractivity contribution in [3.8, 4) is 5.69 Å². The van der Waals surface area contributed by atoms with Crippen molar-refractivity contribution >= 4 is 23.2 Å². The minimum atomic E-state index is 0.0913. The van der Waals surface area contributed by atoms with E-state index in [1.54, 1.807) is 6.07 Å². The van der Waals surface area contributed by atoms with Crippen LogP contribution in [0.15, 0.2) is 24.4 Å². The van der Waals surface area contributed by atoms with E-state index in [0.717, 1.165) is 36.2 Å². The van der Waals surface area contributed by atoms with E-state index in [2.05, 4.69) is 5.10 Å². The van der Waals surface area contributed by atoms with Crippen molar-refractivity contribution in [2.75, 3.05) is 0 Å². The van der Waals surface area contributed by atoms with Gasteiger partial charge in [-0.2, -0.15) is 5.10 Å². The third-order valence-electron chi connectivity index (χ3n) is 3.37. The van der Waals surface area contributed by atoms with Gasteiger partial charge in [0.15, 0.2) is 0 Å². The summed E-state index contributed by atoms with van der Waals surface area (Å²) in [6.07, 6.45) is 4.95. The number of nitrogens with zero attached hydrogens (tertiary/aromatic N) is 2. The molecule has 0 bridgehead atoms. The third kappa shape index (κ3) is 1.92. The molecule has 1 aliphatic carbocycles. The molecule has 1 aliphatic rings. The van der Waals surface area contributed by atoms with Crippen LogP contribution >= 0.6 is 23.2 Å². The average Bonchev–Trinajstić information content (AvgIpc) is 2.74. The Balaban J connectivity index is 2.12. The number of halogens is 2. The van der Waals surface area contributed by atoms with Gasteiger partial charge in [0.1, 0.15) is 0 Å². The summed E-state index contributed by atoms with van der Waals surface area (Å²) in [5, 5.41) is 5.65. The van der Waals surface area contributed by atoms with Crippen molar-refractivity contribution in [3.63, 3.8) is 0 Å². The molecule has 0 aliphatic heterocycles. The molecule has 0 radical (unpaired) electrons. The third-order valence-corrected chi connectivity index (χ3v) is 3.91. The smallest absolute Gasteiger partial charge is 0.0836 e. The summed E-state index contributed by atoms with van der Waals surface area (Å²) in [5.41, 5.74) is 9.25. The number of rotatable bonds is 1. The van der Waals surface area contributed by atoms with Crippen LogP contribution in [0.25, 0.3) is 5.69 Å². The van der Waals surface area contributed by atoms with Gasteiger partial charge in [0.2, 0.25) is 0 Å². The Hall–Kier alpha value is -1.03. The zero-order valence-corrected chi connectivity index (χ0v) is 11.2. The van der Waals surface area contributed by atoms with Crippen molar-refractivity contribution < 1.29 is 0 Å². The molecule has 1 unspecified atom stereocenters. The molecule has 3 nitrogen and oxygen atoms in total. The van der Waals surface area contributed by atoms with E-state index in [-0.39, 0.29) is 6.04 Å². The molecule has 0 spiro atoms. The fourth-order valence-electron chi connectivity index (χ4n) is 2.45. The summed E-state index contributed by atoms with van der Waals surface area (Å²) in [6, 6.07) is 5.53. The fourth-order valence-corrected chi connectivity index (χ4v) is 2.94. The minimum Gasteiger partial charge on any atom is -0.324 e. The molecule has 5 heteroatoms. The van der Waals surface area contributed by atoms with Gasteiger partial charge in [-0.25, -0.2) is 4.68 Å². The molecular weight excluding hydrogens is 269 g/mol. The Kier molecular flexibility index (Phi) is 3.06. The summed E-state index contributed by atoms with van der Waals surface area (Å²) in [6.45, 7) is 0. The van der Waals surface area contributed by atoms with Crippen LogP contribution in [0.3, 0.4) is 0 Å². The lowest BCUT2D eigenvalue weighted by molar-refractivity contribution is 0.558. The Morgan fingerprint density at radius 2 is 2.17 bits per heavy atom. The van der Waals surface area contributed by atoms with E-state index in [0.29, 0.717) is 10.0 Å². The van der Waals surface area contributed by atoms with Crippen LogP contribution in [-0.2, 0) is 6.42 Å². The highest BCUT2D eigenvalue weighted by atomic mass is 35.5. The lowest BCUT2D eigenvalue weighted by atomic mass is 9.94. The van der Waals surface area contributed by atoms with Gasteiger partial charge in [0.05, 0.1) is 16.9 Å². The first-order valence-electron chi connectivity index (χ1n) is 5.94. The number of hydrogen-bond donors (Lipinski definition) is 1. The minimum absolute atomic E-state index is 0.0913. The van der Waals surface area contributed by atoms with Gasteiger partial charge in [-0.3, -0.25) is 0 Å². The van der Waals surface area contributed by atoms with Gasteiger partial charge in [-0.15, -0.1) is 0 Å². The van der Waals surface area contributed by atoms with Crippen LogP contribution in [-0.4, -0.2) is 9.78 Å². The first-order chi connectivity index (χ1) is 8.66. The maximum Gasteiger partial charge on any atom is 0.0836 e. The molecule has 1 atom stereocenters. The van der Waals surface area contributed by atoms with E-state index >= 15 is 0 Å². The lowest BCUT2D eigenvalue weighted by Gasteiger charge is -2.19. The maximum absolute atomic E-state index is 6.22. The summed E-state index contributed by atoms with van der Waals surface area (Å²) in [7, 11) is 0. The summed E-state index contributed by atoms with van der Waals surface area (Å²) in [5.74, 6) is 0. The molecule has 0 saturated heterocycles. The van der Waals surface area contributed by atoms with Crippen LogP contribution < -0.4 is 5.73 Å². The molecule has 1 aromatic heterocycles.